The Morgan fingerprint density at radius 2 is 2.25 bits per heavy atom. The molecule has 1 fully saturated rings. The second-order valence-electron chi connectivity index (χ2n) is 5.31. The van der Waals surface area contributed by atoms with Crippen LogP contribution in [0.15, 0.2) is 28.1 Å². The fraction of sp³-hybridized carbons (Fsp3) is 0.438. The van der Waals surface area contributed by atoms with Crippen LogP contribution in [-0.4, -0.2) is 18.5 Å². The molecule has 0 aliphatic heterocycles. The van der Waals surface area contributed by atoms with Crippen LogP contribution in [0.2, 0.25) is 0 Å². The lowest BCUT2D eigenvalue weighted by atomic mass is 9.78. The third-order valence-electron chi connectivity index (χ3n) is 3.92. The average Bonchev–Trinajstić information content (AvgIpc) is 2.81. The van der Waals surface area contributed by atoms with Crippen molar-refractivity contribution in [3.05, 3.63) is 33.6 Å². The Hall–Kier alpha value is -0.710. The van der Waals surface area contributed by atoms with Crippen LogP contribution in [0.5, 0.6) is 0 Å². The molecule has 1 heterocycles. The molecule has 106 valence electrons. The van der Waals surface area contributed by atoms with Gasteiger partial charge in [0.25, 0.3) is 0 Å². The molecule has 3 rings (SSSR count). The van der Waals surface area contributed by atoms with E-state index in [0.29, 0.717) is 18.4 Å². The predicted octanol–water partition coefficient (Wildman–Crippen LogP) is 5.05. The van der Waals surface area contributed by atoms with E-state index in [2.05, 4.69) is 15.9 Å². The summed E-state index contributed by atoms with van der Waals surface area (Å²) < 4.78 is 7.78. The molecule has 2 aromatic rings. The highest BCUT2D eigenvalue weighted by molar-refractivity contribution is 9.10. The minimum atomic E-state index is 0.272. The Bertz CT molecular complexity index is 628. The molecule has 0 amide bonds. The average molecular weight is 353 g/mol. The first-order chi connectivity index (χ1) is 9.69. The van der Waals surface area contributed by atoms with Gasteiger partial charge in [-0.15, -0.1) is 11.3 Å². The minimum absolute atomic E-state index is 0.272. The number of ketones is 1. The van der Waals surface area contributed by atoms with Gasteiger partial charge in [0, 0.05) is 38.5 Å². The van der Waals surface area contributed by atoms with Gasteiger partial charge in [-0.1, -0.05) is 12.1 Å². The van der Waals surface area contributed by atoms with Crippen molar-refractivity contribution in [2.75, 3.05) is 6.61 Å². The Kier molecular flexibility index (Phi) is 4.24. The fourth-order valence-electron chi connectivity index (χ4n) is 2.82. The number of hydrogen-bond donors (Lipinski definition) is 0. The summed E-state index contributed by atoms with van der Waals surface area (Å²) >= 11 is 5.18. The maximum absolute atomic E-state index is 12.4. The molecule has 1 aliphatic carbocycles. The molecule has 0 atom stereocenters. The number of Topliss-reactive ketones (excluding diaryl/α,β-unsaturated/α-hetero) is 1. The second-order valence-corrected chi connectivity index (χ2v) is 7.04. The highest BCUT2D eigenvalue weighted by Crippen LogP contribution is 2.37. The fourth-order valence-corrected chi connectivity index (χ4v) is 4.45. The molecule has 0 spiro atoms. The van der Waals surface area contributed by atoms with E-state index in [4.69, 9.17) is 4.74 Å². The van der Waals surface area contributed by atoms with E-state index in [1.165, 1.54) is 0 Å². The van der Waals surface area contributed by atoms with Gasteiger partial charge >= 0.3 is 0 Å². The normalized spacial score (nSPS) is 21.9. The van der Waals surface area contributed by atoms with E-state index < -0.39 is 0 Å². The molecule has 2 nitrogen and oxygen atoms in total. The standard InChI is InChI=1S/C16H17BrO2S/c1-2-19-11-6-10(7-11)8-15(18)13-9-20-16-12(13)4-3-5-14(16)17/h3-5,9-11H,2,6-8H2,1H3. The largest absolute Gasteiger partial charge is 0.378 e. The molecule has 20 heavy (non-hydrogen) atoms. The van der Waals surface area contributed by atoms with Gasteiger partial charge < -0.3 is 4.74 Å². The topological polar surface area (TPSA) is 26.3 Å². The van der Waals surface area contributed by atoms with Gasteiger partial charge in [-0.25, -0.2) is 0 Å². The maximum Gasteiger partial charge on any atom is 0.164 e. The summed E-state index contributed by atoms with van der Waals surface area (Å²) in [6, 6.07) is 6.05. The molecule has 4 heteroatoms. The van der Waals surface area contributed by atoms with Crippen LogP contribution in [0.4, 0.5) is 0 Å². The van der Waals surface area contributed by atoms with Crippen molar-refractivity contribution in [3.8, 4) is 0 Å². The van der Waals surface area contributed by atoms with Gasteiger partial charge in [0.05, 0.1) is 6.10 Å². The van der Waals surface area contributed by atoms with Crippen molar-refractivity contribution < 1.29 is 9.53 Å². The first-order valence-corrected chi connectivity index (χ1v) is 8.66. The first-order valence-electron chi connectivity index (χ1n) is 6.99. The third kappa shape index (κ3) is 2.69. The van der Waals surface area contributed by atoms with E-state index in [0.717, 1.165) is 39.6 Å². The van der Waals surface area contributed by atoms with Crippen molar-refractivity contribution in [1.82, 2.24) is 0 Å². The van der Waals surface area contributed by atoms with Gasteiger partial charge in [0.1, 0.15) is 0 Å². The second kappa shape index (κ2) is 5.96. The van der Waals surface area contributed by atoms with Crippen LogP contribution in [0.1, 0.15) is 36.5 Å². The summed E-state index contributed by atoms with van der Waals surface area (Å²) in [5, 5.41) is 3.08. The minimum Gasteiger partial charge on any atom is -0.378 e. The van der Waals surface area contributed by atoms with Crippen LogP contribution in [0.3, 0.4) is 0 Å². The Morgan fingerprint density at radius 1 is 1.45 bits per heavy atom. The van der Waals surface area contributed by atoms with Gasteiger partial charge in [0.2, 0.25) is 0 Å². The van der Waals surface area contributed by atoms with E-state index in [-0.39, 0.29) is 5.78 Å². The Morgan fingerprint density at radius 3 is 3.00 bits per heavy atom. The molecular formula is C16H17BrO2S. The van der Waals surface area contributed by atoms with Crippen molar-refractivity contribution in [1.29, 1.82) is 0 Å². The molecule has 1 aliphatic rings. The zero-order chi connectivity index (χ0) is 14.1. The van der Waals surface area contributed by atoms with E-state index in [9.17, 15) is 4.79 Å². The van der Waals surface area contributed by atoms with Gasteiger partial charge in [0.15, 0.2) is 5.78 Å². The van der Waals surface area contributed by atoms with Crippen molar-refractivity contribution >= 4 is 43.1 Å². The molecular weight excluding hydrogens is 336 g/mol. The number of carbonyl (C=O) groups is 1. The van der Waals surface area contributed by atoms with E-state index in [1.807, 2.05) is 30.5 Å². The molecule has 0 saturated heterocycles. The zero-order valence-corrected chi connectivity index (χ0v) is 13.8. The highest BCUT2D eigenvalue weighted by atomic mass is 79.9. The number of ether oxygens (including phenoxy) is 1. The molecule has 1 aromatic heterocycles. The summed E-state index contributed by atoms with van der Waals surface area (Å²) in [6.45, 7) is 2.79. The summed E-state index contributed by atoms with van der Waals surface area (Å²) in [7, 11) is 0. The van der Waals surface area contributed by atoms with Gasteiger partial charge in [-0.05, 0) is 47.7 Å². The number of rotatable bonds is 5. The van der Waals surface area contributed by atoms with Crippen LogP contribution >= 0.6 is 27.3 Å². The molecule has 1 aromatic carbocycles. The molecule has 0 radical (unpaired) electrons. The van der Waals surface area contributed by atoms with Crippen LogP contribution in [-0.2, 0) is 4.74 Å². The Balaban J connectivity index is 1.69. The van der Waals surface area contributed by atoms with E-state index >= 15 is 0 Å². The lowest BCUT2D eigenvalue weighted by Gasteiger charge is -2.34. The van der Waals surface area contributed by atoms with Crippen molar-refractivity contribution in [3.63, 3.8) is 0 Å². The summed E-state index contributed by atoms with van der Waals surface area (Å²) in [5.74, 6) is 0.774. The quantitative estimate of drug-likeness (QED) is 0.703. The Labute approximate surface area is 131 Å². The number of carbonyl (C=O) groups excluding carboxylic acids is 1. The number of fused-ring (bicyclic) bond motifs is 1. The SMILES string of the molecule is CCOC1CC(CC(=O)c2csc3c(Br)cccc23)C1. The zero-order valence-electron chi connectivity index (χ0n) is 11.4. The number of halogens is 1. The highest BCUT2D eigenvalue weighted by Gasteiger charge is 2.31. The molecule has 0 N–H and O–H groups in total. The van der Waals surface area contributed by atoms with Crippen molar-refractivity contribution in [2.45, 2.75) is 32.3 Å². The smallest absolute Gasteiger partial charge is 0.164 e. The van der Waals surface area contributed by atoms with Gasteiger partial charge in [-0.3, -0.25) is 4.79 Å². The summed E-state index contributed by atoms with van der Waals surface area (Å²) in [5.41, 5.74) is 0.881. The summed E-state index contributed by atoms with van der Waals surface area (Å²) in [6.07, 6.45) is 3.10. The van der Waals surface area contributed by atoms with E-state index in [1.54, 1.807) is 11.3 Å². The monoisotopic (exact) mass is 352 g/mol. The molecule has 0 bridgehead atoms. The molecule has 1 saturated carbocycles. The number of benzene rings is 1. The van der Waals surface area contributed by atoms with Gasteiger partial charge in [-0.2, -0.15) is 0 Å². The van der Waals surface area contributed by atoms with Crippen LogP contribution in [0.25, 0.3) is 10.1 Å². The predicted molar refractivity (Wildman–Crippen MR) is 86.6 cm³/mol. The maximum atomic E-state index is 12.4. The van der Waals surface area contributed by atoms with Crippen LogP contribution in [0, 0.1) is 5.92 Å². The first kappa shape index (κ1) is 14.2. The van der Waals surface area contributed by atoms with Crippen molar-refractivity contribution in [2.24, 2.45) is 5.92 Å². The third-order valence-corrected chi connectivity index (χ3v) is 5.87. The lowest BCUT2D eigenvalue weighted by Crippen LogP contribution is -2.32. The van der Waals surface area contributed by atoms with Crippen LogP contribution < -0.4 is 0 Å². The lowest BCUT2D eigenvalue weighted by molar-refractivity contribution is -0.0245. The summed E-state index contributed by atoms with van der Waals surface area (Å²) in [4.78, 5) is 12.4. The molecule has 0 unspecified atom stereocenters. The number of hydrogen-bond acceptors (Lipinski definition) is 3. The number of thiophene rings is 1.